The number of rotatable bonds is 18. The first kappa shape index (κ1) is 26.1. The van der Waals surface area contributed by atoms with Crippen LogP contribution in [-0.2, 0) is 14.3 Å². The molecule has 0 spiro atoms. The second kappa shape index (κ2) is 21.4. The van der Waals surface area contributed by atoms with Crippen molar-refractivity contribution >= 4 is 5.97 Å². The van der Waals surface area contributed by atoms with Crippen LogP contribution in [0.2, 0.25) is 0 Å². The zero-order valence-corrected chi connectivity index (χ0v) is 17.6. The number of allylic oxidation sites excluding steroid dienone is 10. The van der Waals surface area contributed by atoms with E-state index in [1.165, 1.54) is 0 Å². The first-order chi connectivity index (χ1) is 13.7. The molecule has 28 heavy (non-hydrogen) atoms. The van der Waals surface area contributed by atoms with E-state index in [0.717, 1.165) is 51.4 Å². The predicted octanol–water partition coefficient (Wildman–Crippen LogP) is 6.37. The number of carboxylic acids is 1. The number of hydrogen-bond acceptors (Lipinski definition) is 3. The third kappa shape index (κ3) is 18.9. The van der Waals surface area contributed by atoms with Crippen molar-refractivity contribution in [3.05, 3.63) is 60.8 Å². The van der Waals surface area contributed by atoms with E-state index in [1.54, 1.807) is 6.92 Å². The molecule has 0 aromatic rings. The van der Waals surface area contributed by atoms with Crippen LogP contribution >= 0.6 is 0 Å². The molecular formula is C24H38O4. The van der Waals surface area contributed by atoms with Crippen LogP contribution in [-0.4, -0.2) is 30.6 Å². The number of carboxylic acid groups (broad SMARTS) is 1. The number of aliphatic carboxylic acids is 1. The van der Waals surface area contributed by atoms with E-state index >= 15 is 0 Å². The van der Waals surface area contributed by atoms with Crippen LogP contribution in [0.1, 0.15) is 65.2 Å². The van der Waals surface area contributed by atoms with Gasteiger partial charge in [-0.05, 0) is 58.3 Å². The molecule has 0 heterocycles. The molecule has 0 amide bonds. The highest BCUT2D eigenvalue weighted by Gasteiger charge is 2.16. The molecule has 0 aromatic carbocycles. The second-order valence-corrected chi connectivity index (χ2v) is 6.20. The summed E-state index contributed by atoms with van der Waals surface area (Å²) in [6.45, 7) is 4.63. The van der Waals surface area contributed by atoms with Crippen LogP contribution in [0, 0.1) is 0 Å². The van der Waals surface area contributed by atoms with Crippen molar-refractivity contribution in [2.75, 3.05) is 13.2 Å². The highest BCUT2D eigenvalue weighted by Crippen LogP contribution is 2.02. The minimum Gasteiger partial charge on any atom is -0.477 e. The fourth-order valence-electron chi connectivity index (χ4n) is 2.27. The Morgan fingerprint density at radius 2 is 1.25 bits per heavy atom. The van der Waals surface area contributed by atoms with Gasteiger partial charge in [0.1, 0.15) is 0 Å². The Kier molecular flexibility index (Phi) is 19.9. The molecule has 0 saturated carbocycles. The van der Waals surface area contributed by atoms with Crippen LogP contribution in [0.4, 0.5) is 0 Å². The standard InChI is InChI=1S/C24H38O4/c1-3-5-6-7-8-9-10-11-12-13-14-15-16-17-18-19-20-21-22-28-24(23(25)26)27-4-2/h5-6,8-9,11-12,14-15,17-18,24H,3-4,7,10,13,16,19-22H2,1-2H3,(H,25,26). The van der Waals surface area contributed by atoms with Crippen LogP contribution < -0.4 is 0 Å². The Morgan fingerprint density at radius 1 is 0.750 bits per heavy atom. The molecule has 0 aliphatic rings. The maximum absolute atomic E-state index is 10.8. The van der Waals surface area contributed by atoms with Gasteiger partial charge in [-0.15, -0.1) is 0 Å². The molecule has 0 saturated heterocycles. The van der Waals surface area contributed by atoms with Crippen molar-refractivity contribution in [1.29, 1.82) is 0 Å². The fourth-order valence-corrected chi connectivity index (χ4v) is 2.27. The van der Waals surface area contributed by atoms with Crippen molar-refractivity contribution < 1.29 is 19.4 Å². The average molecular weight is 391 g/mol. The zero-order chi connectivity index (χ0) is 20.7. The summed E-state index contributed by atoms with van der Waals surface area (Å²) in [5, 5.41) is 8.88. The van der Waals surface area contributed by atoms with Gasteiger partial charge in [-0.2, -0.15) is 0 Å². The molecule has 0 radical (unpaired) electrons. The summed E-state index contributed by atoms with van der Waals surface area (Å²) in [6, 6.07) is 0. The molecule has 0 aliphatic carbocycles. The van der Waals surface area contributed by atoms with Crippen molar-refractivity contribution in [1.82, 2.24) is 0 Å². The predicted molar refractivity (Wildman–Crippen MR) is 117 cm³/mol. The average Bonchev–Trinajstić information content (AvgIpc) is 2.68. The molecule has 0 aliphatic heterocycles. The Balaban J connectivity index is 3.55. The summed E-state index contributed by atoms with van der Waals surface area (Å²) in [5.41, 5.74) is 0. The normalized spacial score (nSPS) is 13.8. The maximum atomic E-state index is 10.8. The fraction of sp³-hybridized carbons (Fsp3) is 0.542. The Hall–Kier alpha value is -1.91. The number of unbranched alkanes of at least 4 members (excludes halogenated alkanes) is 2. The molecule has 158 valence electrons. The minimum atomic E-state index is -1.14. The van der Waals surface area contributed by atoms with E-state index in [2.05, 4.69) is 67.7 Å². The summed E-state index contributed by atoms with van der Waals surface area (Å²) in [5.74, 6) is -1.07. The molecule has 0 aromatic heterocycles. The summed E-state index contributed by atoms with van der Waals surface area (Å²) in [7, 11) is 0. The van der Waals surface area contributed by atoms with Gasteiger partial charge < -0.3 is 14.6 Å². The molecule has 1 N–H and O–H groups in total. The third-order valence-electron chi connectivity index (χ3n) is 3.71. The van der Waals surface area contributed by atoms with Crippen molar-refractivity contribution in [3.8, 4) is 0 Å². The molecule has 0 bridgehead atoms. The smallest absolute Gasteiger partial charge is 0.361 e. The Bertz CT molecular complexity index is 501. The largest absolute Gasteiger partial charge is 0.477 e. The van der Waals surface area contributed by atoms with E-state index in [1.807, 2.05) is 0 Å². The van der Waals surface area contributed by atoms with Gasteiger partial charge in [0.05, 0.1) is 6.61 Å². The van der Waals surface area contributed by atoms with Gasteiger partial charge in [0.15, 0.2) is 0 Å². The van der Waals surface area contributed by atoms with Gasteiger partial charge in [0, 0.05) is 6.61 Å². The number of hydrogen-bond donors (Lipinski definition) is 1. The zero-order valence-electron chi connectivity index (χ0n) is 17.6. The van der Waals surface area contributed by atoms with Crippen LogP contribution in [0.3, 0.4) is 0 Å². The monoisotopic (exact) mass is 390 g/mol. The van der Waals surface area contributed by atoms with Gasteiger partial charge >= 0.3 is 5.97 Å². The lowest BCUT2D eigenvalue weighted by Crippen LogP contribution is -2.27. The van der Waals surface area contributed by atoms with Crippen LogP contribution in [0.25, 0.3) is 0 Å². The first-order valence-electron chi connectivity index (χ1n) is 10.4. The van der Waals surface area contributed by atoms with E-state index < -0.39 is 12.3 Å². The van der Waals surface area contributed by atoms with Gasteiger partial charge in [0.25, 0.3) is 6.29 Å². The first-order valence-corrected chi connectivity index (χ1v) is 10.4. The van der Waals surface area contributed by atoms with Gasteiger partial charge in [-0.1, -0.05) is 67.7 Å². The second-order valence-electron chi connectivity index (χ2n) is 6.20. The van der Waals surface area contributed by atoms with E-state index in [-0.39, 0.29) is 0 Å². The summed E-state index contributed by atoms with van der Waals surface area (Å²) < 4.78 is 10.2. The Morgan fingerprint density at radius 3 is 1.71 bits per heavy atom. The third-order valence-corrected chi connectivity index (χ3v) is 3.71. The molecule has 4 heteroatoms. The molecule has 0 fully saturated rings. The van der Waals surface area contributed by atoms with Gasteiger partial charge in [0.2, 0.25) is 0 Å². The lowest BCUT2D eigenvalue weighted by Gasteiger charge is -2.12. The number of ether oxygens (including phenoxy) is 2. The highest BCUT2D eigenvalue weighted by atomic mass is 16.7. The van der Waals surface area contributed by atoms with E-state index in [4.69, 9.17) is 14.6 Å². The van der Waals surface area contributed by atoms with Gasteiger partial charge in [-0.25, -0.2) is 4.79 Å². The quantitative estimate of drug-likeness (QED) is 0.168. The lowest BCUT2D eigenvalue weighted by atomic mass is 10.2. The molecule has 4 nitrogen and oxygen atoms in total. The van der Waals surface area contributed by atoms with E-state index in [9.17, 15) is 4.79 Å². The number of carbonyl (C=O) groups is 1. The van der Waals surface area contributed by atoms with E-state index in [0.29, 0.717) is 13.2 Å². The van der Waals surface area contributed by atoms with Crippen molar-refractivity contribution in [2.45, 2.75) is 71.5 Å². The maximum Gasteiger partial charge on any atom is 0.361 e. The summed E-state index contributed by atoms with van der Waals surface area (Å²) in [4.78, 5) is 10.8. The molecular weight excluding hydrogens is 352 g/mol. The van der Waals surface area contributed by atoms with Crippen molar-refractivity contribution in [2.24, 2.45) is 0 Å². The SMILES string of the molecule is CCC=CCC=CCC=CCC=CCC=CCCCCOC(OCC)C(=O)O. The topological polar surface area (TPSA) is 55.8 Å². The molecule has 0 rings (SSSR count). The summed E-state index contributed by atoms with van der Waals surface area (Å²) in [6.07, 6.45) is 28.5. The molecule has 1 atom stereocenters. The Labute approximate surface area is 171 Å². The van der Waals surface area contributed by atoms with Gasteiger partial charge in [-0.3, -0.25) is 0 Å². The van der Waals surface area contributed by atoms with Crippen molar-refractivity contribution in [3.63, 3.8) is 0 Å². The minimum absolute atomic E-state index is 0.330. The summed E-state index contributed by atoms with van der Waals surface area (Å²) >= 11 is 0. The molecule has 1 unspecified atom stereocenters. The highest BCUT2D eigenvalue weighted by molar-refractivity contribution is 5.70. The lowest BCUT2D eigenvalue weighted by molar-refractivity contribution is -0.188. The van der Waals surface area contributed by atoms with Crippen LogP contribution in [0.15, 0.2) is 60.8 Å². The van der Waals surface area contributed by atoms with Crippen LogP contribution in [0.5, 0.6) is 0 Å².